The lowest BCUT2D eigenvalue weighted by Gasteiger charge is -2.27. The number of rotatable bonds is 6. The number of carbonyl (C=O) groups excluding carboxylic acids is 1. The Labute approximate surface area is 166 Å². The van der Waals surface area contributed by atoms with Crippen molar-refractivity contribution in [1.29, 1.82) is 0 Å². The van der Waals surface area contributed by atoms with Gasteiger partial charge in [0.2, 0.25) is 5.91 Å². The van der Waals surface area contributed by atoms with Gasteiger partial charge in [-0.15, -0.1) is 10.2 Å². The van der Waals surface area contributed by atoms with Gasteiger partial charge >= 0.3 is 0 Å². The molecule has 3 rings (SSSR count). The van der Waals surface area contributed by atoms with Gasteiger partial charge in [0.15, 0.2) is 11.0 Å². The number of amides is 1. The highest BCUT2D eigenvalue weighted by atomic mass is 32.2. The maximum atomic E-state index is 12.7. The molecule has 0 atom stereocenters. The SMILES string of the molecule is CCn1c(SCC(=O)N(C)C2CCCCCC2)nnc1-c1cccc(C)c1. The molecule has 6 heteroatoms. The Morgan fingerprint density at radius 2 is 1.96 bits per heavy atom. The van der Waals surface area contributed by atoms with E-state index in [-0.39, 0.29) is 5.91 Å². The monoisotopic (exact) mass is 386 g/mol. The minimum absolute atomic E-state index is 0.189. The summed E-state index contributed by atoms with van der Waals surface area (Å²) in [4.78, 5) is 14.7. The molecular weight excluding hydrogens is 356 g/mol. The molecule has 1 aliphatic rings. The minimum atomic E-state index is 0.189. The number of nitrogens with zero attached hydrogens (tertiary/aromatic N) is 4. The maximum absolute atomic E-state index is 12.7. The summed E-state index contributed by atoms with van der Waals surface area (Å²) in [6.07, 6.45) is 7.34. The number of hydrogen-bond acceptors (Lipinski definition) is 4. The van der Waals surface area contributed by atoms with Gasteiger partial charge in [-0.05, 0) is 32.8 Å². The summed E-state index contributed by atoms with van der Waals surface area (Å²) >= 11 is 1.50. The Morgan fingerprint density at radius 3 is 2.63 bits per heavy atom. The zero-order valence-corrected chi connectivity index (χ0v) is 17.5. The molecule has 0 saturated heterocycles. The van der Waals surface area contributed by atoms with Gasteiger partial charge in [0.05, 0.1) is 5.75 Å². The van der Waals surface area contributed by atoms with Crippen LogP contribution in [0.3, 0.4) is 0 Å². The summed E-state index contributed by atoms with van der Waals surface area (Å²) in [5.74, 6) is 1.47. The average molecular weight is 387 g/mol. The second kappa shape index (κ2) is 9.40. The molecule has 5 nitrogen and oxygen atoms in total. The van der Waals surface area contributed by atoms with Gasteiger partial charge in [0.25, 0.3) is 0 Å². The summed E-state index contributed by atoms with van der Waals surface area (Å²) < 4.78 is 2.10. The summed E-state index contributed by atoms with van der Waals surface area (Å²) in [5, 5.41) is 9.56. The van der Waals surface area contributed by atoms with Crippen LogP contribution in [0, 0.1) is 6.92 Å². The number of thioether (sulfide) groups is 1. The molecule has 1 fully saturated rings. The lowest BCUT2D eigenvalue weighted by molar-refractivity contribution is -0.129. The molecule has 1 aromatic carbocycles. The van der Waals surface area contributed by atoms with Crippen molar-refractivity contribution in [2.75, 3.05) is 12.8 Å². The van der Waals surface area contributed by atoms with Crippen LogP contribution in [0.25, 0.3) is 11.4 Å². The van der Waals surface area contributed by atoms with Gasteiger partial charge in [-0.1, -0.05) is 61.2 Å². The smallest absolute Gasteiger partial charge is 0.233 e. The topological polar surface area (TPSA) is 51.0 Å². The van der Waals surface area contributed by atoms with Crippen LogP contribution in [0.1, 0.15) is 51.0 Å². The van der Waals surface area contributed by atoms with E-state index in [2.05, 4.69) is 46.8 Å². The standard InChI is InChI=1S/C21H30N4OS/c1-4-25-20(17-11-9-10-16(2)14-17)22-23-21(25)27-15-19(26)24(3)18-12-7-5-6-8-13-18/h9-11,14,18H,4-8,12-13,15H2,1-3H3. The Morgan fingerprint density at radius 1 is 1.22 bits per heavy atom. The first-order valence-corrected chi connectivity index (χ1v) is 11.0. The van der Waals surface area contributed by atoms with E-state index in [0.717, 1.165) is 35.9 Å². The van der Waals surface area contributed by atoms with Gasteiger partial charge in [-0.2, -0.15) is 0 Å². The van der Waals surface area contributed by atoms with Crippen molar-refractivity contribution < 1.29 is 4.79 Å². The van der Waals surface area contributed by atoms with Crippen molar-refractivity contribution in [3.63, 3.8) is 0 Å². The van der Waals surface area contributed by atoms with E-state index in [0.29, 0.717) is 11.8 Å². The first-order valence-electron chi connectivity index (χ1n) is 9.99. The van der Waals surface area contributed by atoms with Crippen LogP contribution < -0.4 is 0 Å². The molecule has 0 radical (unpaired) electrons. The number of aryl methyl sites for hydroxylation is 1. The van der Waals surface area contributed by atoms with Crippen LogP contribution >= 0.6 is 11.8 Å². The molecule has 1 aliphatic carbocycles. The predicted molar refractivity (Wildman–Crippen MR) is 111 cm³/mol. The highest BCUT2D eigenvalue weighted by molar-refractivity contribution is 7.99. The van der Waals surface area contributed by atoms with E-state index in [4.69, 9.17) is 0 Å². The van der Waals surface area contributed by atoms with Gasteiger partial charge < -0.3 is 9.47 Å². The molecule has 1 aromatic heterocycles. The normalized spacial score (nSPS) is 15.5. The molecule has 1 amide bonds. The van der Waals surface area contributed by atoms with E-state index in [1.807, 2.05) is 18.0 Å². The van der Waals surface area contributed by atoms with Crippen LogP contribution in [0.5, 0.6) is 0 Å². The summed E-state index contributed by atoms with van der Waals surface area (Å²) in [7, 11) is 1.96. The molecule has 2 aromatic rings. The van der Waals surface area contributed by atoms with E-state index >= 15 is 0 Å². The second-order valence-corrected chi connectivity index (χ2v) is 8.30. The summed E-state index contributed by atoms with van der Waals surface area (Å²) in [5.41, 5.74) is 2.27. The first kappa shape index (κ1) is 19.9. The maximum Gasteiger partial charge on any atom is 0.233 e. The third kappa shape index (κ3) is 4.92. The van der Waals surface area contributed by atoms with Crippen molar-refractivity contribution in [1.82, 2.24) is 19.7 Å². The molecule has 1 saturated carbocycles. The Balaban J connectivity index is 1.66. The lowest BCUT2D eigenvalue weighted by atomic mass is 10.1. The minimum Gasteiger partial charge on any atom is -0.342 e. The zero-order valence-electron chi connectivity index (χ0n) is 16.6. The van der Waals surface area contributed by atoms with Crippen molar-refractivity contribution in [2.45, 2.75) is 70.1 Å². The zero-order chi connectivity index (χ0) is 19.2. The third-order valence-electron chi connectivity index (χ3n) is 5.40. The second-order valence-electron chi connectivity index (χ2n) is 7.36. The van der Waals surface area contributed by atoms with Gasteiger partial charge in [0, 0.05) is 25.2 Å². The fourth-order valence-corrected chi connectivity index (χ4v) is 4.68. The lowest BCUT2D eigenvalue weighted by Crippen LogP contribution is -2.37. The van der Waals surface area contributed by atoms with Crippen LogP contribution in [-0.2, 0) is 11.3 Å². The third-order valence-corrected chi connectivity index (χ3v) is 6.35. The number of carbonyl (C=O) groups is 1. The summed E-state index contributed by atoms with van der Waals surface area (Å²) in [6.45, 7) is 4.95. The molecule has 0 bridgehead atoms. The van der Waals surface area contributed by atoms with Gasteiger partial charge in [-0.25, -0.2) is 0 Å². The number of aromatic nitrogens is 3. The molecule has 27 heavy (non-hydrogen) atoms. The van der Waals surface area contributed by atoms with Crippen molar-refractivity contribution in [3.8, 4) is 11.4 Å². The number of benzene rings is 1. The highest BCUT2D eigenvalue weighted by Crippen LogP contribution is 2.26. The van der Waals surface area contributed by atoms with Crippen LogP contribution in [0.4, 0.5) is 0 Å². The Kier molecular flexibility index (Phi) is 6.94. The first-order chi connectivity index (χ1) is 13.1. The molecule has 0 spiro atoms. The quantitative estimate of drug-likeness (QED) is 0.540. The Hall–Kier alpha value is -1.82. The van der Waals surface area contributed by atoms with Crippen molar-refractivity contribution >= 4 is 17.7 Å². The van der Waals surface area contributed by atoms with Crippen molar-refractivity contribution in [2.24, 2.45) is 0 Å². The molecule has 0 unspecified atom stereocenters. The van der Waals surface area contributed by atoms with Crippen LogP contribution in [0.15, 0.2) is 29.4 Å². The number of hydrogen-bond donors (Lipinski definition) is 0. The summed E-state index contributed by atoms with van der Waals surface area (Å²) in [6, 6.07) is 8.69. The Bertz CT molecular complexity index is 765. The van der Waals surface area contributed by atoms with Crippen LogP contribution in [0.2, 0.25) is 0 Å². The van der Waals surface area contributed by atoms with Gasteiger partial charge in [-0.3, -0.25) is 4.79 Å². The molecule has 1 heterocycles. The molecule has 0 N–H and O–H groups in total. The fourth-order valence-electron chi connectivity index (χ4n) is 3.76. The fraction of sp³-hybridized carbons (Fsp3) is 0.571. The average Bonchev–Trinajstić information content (AvgIpc) is 2.89. The molecular formula is C21H30N4OS. The van der Waals surface area contributed by atoms with Crippen LogP contribution in [-0.4, -0.2) is 44.4 Å². The predicted octanol–water partition coefficient (Wildman–Crippen LogP) is 4.55. The van der Waals surface area contributed by atoms with E-state index in [1.165, 1.54) is 43.0 Å². The molecule has 146 valence electrons. The van der Waals surface area contributed by atoms with E-state index in [1.54, 1.807) is 0 Å². The van der Waals surface area contributed by atoms with Crippen molar-refractivity contribution in [3.05, 3.63) is 29.8 Å². The van der Waals surface area contributed by atoms with E-state index < -0.39 is 0 Å². The largest absolute Gasteiger partial charge is 0.342 e. The van der Waals surface area contributed by atoms with E-state index in [9.17, 15) is 4.79 Å². The highest BCUT2D eigenvalue weighted by Gasteiger charge is 2.22. The van der Waals surface area contributed by atoms with Gasteiger partial charge in [0.1, 0.15) is 0 Å². The molecule has 0 aliphatic heterocycles.